The van der Waals surface area contributed by atoms with Crippen molar-refractivity contribution in [2.24, 2.45) is 0 Å². The molecule has 16 heavy (non-hydrogen) atoms. The lowest BCUT2D eigenvalue weighted by Gasteiger charge is -2.23. The van der Waals surface area contributed by atoms with E-state index in [-0.39, 0.29) is 0 Å². The number of rotatable bonds is 4. The van der Waals surface area contributed by atoms with Crippen LogP contribution in [-0.2, 0) is 10.2 Å². The first-order chi connectivity index (χ1) is 7.46. The topological polar surface area (TPSA) is 35.5 Å². The second-order valence-electron chi connectivity index (χ2n) is 4.38. The Morgan fingerprint density at radius 2 is 1.56 bits per heavy atom. The van der Waals surface area contributed by atoms with Crippen LogP contribution in [0.1, 0.15) is 25.0 Å². The number of carbonyl (C=O) groups excluding carboxylic acids is 1. The lowest BCUT2D eigenvalue weighted by Crippen LogP contribution is -2.21. The maximum absolute atomic E-state index is 11.1. The Hall–Kier alpha value is -1.51. The highest BCUT2D eigenvalue weighted by molar-refractivity contribution is 5.72. The molecule has 0 heterocycles. The van der Waals surface area contributed by atoms with Crippen molar-refractivity contribution in [3.05, 3.63) is 23.3 Å². The molecule has 0 fully saturated rings. The second-order valence-corrected chi connectivity index (χ2v) is 4.38. The fourth-order valence-electron chi connectivity index (χ4n) is 1.74. The maximum Gasteiger partial charge on any atom is 0.130 e. The molecule has 0 saturated heterocycles. The van der Waals surface area contributed by atoms with Crippen LogP contribution in [0.3, 0.4) is 0 Å². The Kier molecular flexibility index (Phi) is 3.58. The number of hydrogen-bond donors (Lipinski definition) is 0. The van der Waals surface area contributed by atoms with E-state index in [1.807, 2.05) is 32.9 Å². The van der Waals surface area contributed by atoms with Gasteiger partial charge in [-0.2, -0.15) is 0 Å². The summed E-state index contributed by atoms with van der Waals surface area (Å²) in [6, 6.07) is 3.81. The Balaban J connectivity index is 3.50. The summed E-state index contributed by atoms with van der Waals surface area (Å²) in [6.07, 6.45) is 0.905. The van der Waals surface area contributed by atoms with E-state index in [1.54, 1.807) is 14.2 Å². The Labute approximate surface area is 96.4 Å². The summed E-state index contributed by atoms with van der Waals surface area (Å²) in [5.74, 6) is 1.38. The van der Waals surface area contributed by atoms with E-state index in [2.05, 4.69) is 0 Å². The molecule has 0 aliphatic carbocycles. The van der Waals surface area contributed by atoms with Crippen molar-refractivity contribution in [2.75, 3.05) is 14.2 Å². The summed E-state index contributed by atoms with van der Waals surface area (Å²) in [7, 11) is 3.19. The SMILES string of the molecule is COc1cc(C)cc(OC)c1C(C)(C)C=O. The first kappa shape index (κ1) is 12.6. The van der Waals surface area contributed by atoms with E-state index in [9.17, 15) is 4.79 Å². The van der Waals surface area contributed by atoms with E-state index < -0.39 is 5.41 Å². The smallest absolute Gasteiger partial charge is 0.130 e. The number of aldehydes is 1. The fraction of sp³-hybridized carbons (Fsp3) is 0.462. The molecule has 0 radical (unpaired) electrons. The minimum absolute atomic E-state index is 0.621. The van der Waals surface area contributed by atoms with Crippen LogP contribution in [0, 0.1) is 6.92 Å². The molecule has 0 aliphatic heterocycles. The normalized spacial score (nSPS) is 11.1. The molecule has 1 rings (SSSR count). The third-order valence-electron chi connectivity index (χ3n) is 2.59. The highest BCUT2D eigenvalue weighted by Gasteiger charge is 2.28. The molecule has 0 atom stereocenters. The van der Waals surface area contributed by atoms with E-state index in [4.69, 9.17) is 9.47 Å². The summed E-state index contributed by atoms with van der Waals surface area (Å²) in [5.41, 5.74) is 1.21. The van der Waals surface area contributed by atoms with Crippen LogP contribution >= 0.6 is 0 Å². The average Bonchev–Trinajstić information content (AvgIpc) is 2.27. The molecule has 0 unspecified atom stereocenters. The van der Waals surface area contributed by atoms with Gasteiger partial charge in [0.1, 0.15) is 17.8 Å². The Morgan fingerprint density at radius 1 is 1.12 bits per heavy atom. The summed E-state index contributed by atoms with van der Waals surface area (Å²) >= 11 is 0. The Morgan fingerprint density at radius 3 is 1.88 bits per heavy atom. The quantitative estimate of drug-likeness (QED) is 0.734. The monoisotopic (exact) mass is 222 g/mol. The molecule has 0 saturated carbocycles. The van der Waals surface area contributed by atoms with Gasteiger partial charge < -0.3 is 14.3 Å². The van der Waals surface area contributed by atoms with Crippen molar-refractivity contribution in [1.29, 1.82) is 0 Å². The van der Waals surface area contributed by atoms with Crippen molar-refractivity contribution >= 4 is 6.29 Å². The number of aryl methyl sites for hydroxylation is 1. The summed E-state index contributed by atoms with van der Waals surface area (Å²) < 4.78 is 10.6. The standard InChI is InChI=1S/C13H18O3/c1-9-6-10(15-4)12(11(7-9)16-5)13(2,3)8-14/h6-8H,1-5H3. The van der Waals surface area contributed by atoms with Crippen LogP contribution in [0.5, 0.6) is 11.5 Å². The number of hydrogen-bond acceptors (Lipinski definition) is 3. The highest BCUT2D eigenvalue weighted by Crippen LogP contribution is 2.38. The Bertz CT molecular complexity index is 369. The molecule has 0 bridgehead atoms. The van der Waals surface area contributed by atoms with Gasteiger partial charge in [-0.25, -0.2) is 0 Å². The van der Waals surface area contributed by atoms with Gasteiger partial charge in [-0.3, -0.25) is 0 Å². The van der Waals surface area contributed by atoms with E-state index in [0.29, 0.717) is 11.5 Å². The first-order valence-corrected chi connectivity index (χ1v) is 5.15. The zero-order chi connectivity index (χ0) is 12.3. The molecule has 3 heteroatoms. The maximum atomic E-state index is 11.1. The third-order valence-corrected chi connectivity index (χ3v) is 2.59. The number of ether oxygens (including phenoxy) is 2. The van der Waals surface area contributed by atoms with Crippen LogP contribution in [0.2, 0.25) is 0 Å². The van der Waals surface area contributed by atoms with Crippen molar-refractivity contribution in [3.63, 3.8) is 0 Å². The molecule has 1 aromatic rings. The molecular weight excluding hydrogens is 204 g/mol. The lowest BCUT2D eigenvalue weighted by molar-refractivity contribution is -0.111. The molecule has 0 aliphatic rings. The third kappa shape index (κ3) is 2.18. The van der Waals surface area contributed by atoms with Crippen molar-refractivity contribution in [2.45, 2.75) is 26.2 Å². The fourth-order valence-corrected chi connectivity index (χ4v) is 1.74. The van der Waals surface area contributed by atoms with Gasteiger partial charge in [0.05, 0.1) is 19.6 Å². The molecule has 3 nitrogen and oxygen atoms in total. The molecular formula is C13H18O3. The van der Waals surface area contributed by atoms with Crippen LogP contribution in [0.25, 0.3) is 0 Å². The predicted octanol–water partition coefficient (Wildman–Crippen LogP) is 2.49. The number of carbonyl (C=O) groups is 1. The minimum Gasteiger partial charge on any atom is -0.496 e. The lowest BCUT2D eigenvalue weighted by atomic mass is 9.84. The zero-order valence-electron chi connectivity index (χ0n) is 10.5. The minimum atomic E-state index is -0.621. The number of benzene rings is 1. The summed E-state index contributed by atoms with van der Waals surface area (Å²) in [4.78, 5) is 11.1. The molecule has 0 amide bonds. The number of methoxy groups -OCH3 is 2. The van der Waals surface area contributed by atoms with Crippen molar-refractivity contribution in [1.82, 2.24) is 0 Å². The highest BCUT2D eigenvalue weighted by atomic mass is 16.5. The van der Waals surface area contributed by atoms with Crippen LogP contribution in [0.15, 0.2) is 12.1 Å². The van der Waals surface area contributed by atoms with Gasteiger partial charge in [0.2, 0.25) is 0 Å². The molecule has 0 spiro atoms. The van der Waals surface area contributed by atoms with Gasteiger partial charge in [-0.1, -0.05) is 0 Å². The molecule has 1 aromatic carbocycles. The molecule has 88 valence electrons. The second kappa shape index (κ2) is 4.56. The van der Waals surface area contributed by atoms with Crippen molar-refractivity contribution < 1.29 is 14.3 Å². The largest absolute Gasteiger partial charge is 0.496 e. The van der Waals surface area contributed by atoms with Crippen LogP contribution in [-0.4, -0.2) is 20.5 Å². The molecule has 0 N–H and O–H groups in total. The summed E-state index contributed by atoms with van der Waals surface area (Å²) in [5, 5.41) is 0. The van der Waals surface area contributed by atoms with Gasteiger partial charge >= 0.3 is 0 Å². The predicted molar refractivity (Wildman–Crippen MR) is 63.4 cm³/mol. The summed E-state index contributed by atoms with van der Waals surface area (Å²) in [6.45, 7) is 5.65. The van der Waals surface area contributed by atoms with Crippen molar-refractivity contribution in [3.8, 4) is 11.5 Å². The van der Waals surface area contributed by atoms with Gasteiger partial charge in [0.25, 0.3) is 0 Å². The zero-order valence-corrected chi connectivity index (χ0v) is 10.5. The molecule has 0 aromatic heterocycles. The van der Waals surface area contributed by atoms with E-state index >= 15 is 0 Å². The van der Waals surface area contributed by atoms with Gasteiger partial charge in [0.15, 0.2) is 0 Å². The van der Waals surface area contributed by atoms with Crippen LogP contribution in [0.4, 0.5) is 0 Å². The van der Waals surface area contributed by atoms with Crippen LogP contribution < -0.4 is 9.47 Å². The van der Waals surface area contributed by atoms with E-state index in [1.165, 1.54) is 0 Å². The average molecular weight is 222 g/mol. The van der Waals surface area contributed by atoms with Gasteiger partial charge in [-0.05, 0) is 38.5 Å². The van der Waals surface area contributed by atoms with E-state index in [0.717, 1.165) is 17.4 Å². The van der Waals surface area contributed by atoms with Gasteiger partial charge in [-0.15, -0.1) is 0 Å². The first-order valence-electron chi connectivity index (χ1n) is 5.15. The van der Waals surface area contributed by atoms with Gasteiger partial charge in [0, 0.05) is 5.56 Å².